The van der Waals surface area contributed by atoms with Gasteiger partial charge in [-0.15, -0.1) is 0 Å². The van der Waals surface area contributed by atoms with Gasteiger partial charge < -0.3 is 14.2 Å². The molecule has 0 rings (SSSR count). The van der Waals surface area contributed by atoms with Gasteiger partial charge in [0.05, 0.1) is 0 Å². The number of allylic oxidation sites excluding steroid dienone is 16. The summed E-state index contributed by atoms with van der Waals surface area (Å²) in [5.74, 6) is -0.995. The van der Waals surface area contributed by atoms with Crippen LogP contribution in [0.5, 0.6) is 0 Å². The summed E-state index contributed by atoms with van der Waals surface area (Å²) >= 11 is 0. The second-order valence-electron chi connectivity index (χ2n) is 16.4. The van der Waals surface area contributed by atoms with E-state index in [4.69, 9.17) is 14.2 Å². The second-order valence-corrected chi connectivity index (χ2v) is 16.4. The molecular weight excluding hydrogens is 769 g/mol. The molecule has 1 unspecified atom stereocenters. The van der Waals surface area contributed by atoms with Gasteiger partial charge in [-0.25, -0.2) is 0 Å². The molecule has 0 amide bonds. The molecule has 0 fully saturated rings. The molecule has 0 spiro atoms. The smallest absolute Gasteiger partial charge is 0.306 e. The Hall–Kier alpha value is -3.67. The predicted molar refractivity (Wildman–Crippen MR) is 265 cm³/mol. The molecule has 0 saturated heterocycles. The molecule has 0 aliphatic carbocycles. The van der Waals surface area contributed by atoms with Crippen LogP contribution in [0.3, 0.4) is 0 Å². The fraction of sp³-hybridized carbons (Fsp3) is 0.661. The quantitative estimate of drug-likeness (QED) is 0.0200. The first-order valence-electron chi connectivity index (χ1n) is 25.3. The van der Waals surface area contributed by atoms with Gasteiger partial charge in [0.15, 0.2) is 6.10 Å². The molecule has 0 aliphatic heterocycles. The highest BCUT2D eigenvalue weighted by Crippen LogP contribution is 2.13. The van der Waals surface area contributed by atoms with Crippen molar-refractivity contribution in [2.75, 3.05) is 13.2 Å². The third-order valence-corrected chi connectivity index (χ3v) is 10.4. The van der Waals surface area contributed by atoms with E-state index in [-0.39, 0.29) is 37.5 Å². The largest absolute Gasteiger partial charge is 0.462 e. The van der Waals surface area contributed by atoms with Crippen molar-refractivity contribution in [1.29, 1.82) is 0 Å². The normalized spacial score (nSPS) is 12.9. The molecule has 0 bridgehead atoms. The molecule has 0 aromatic heterocycles. The van der Waals surface area contributed by atoms with E-state index in [1.165, 1.54) is 70.6 Å². The van der Waals surface area contributed by atoms with Crippen LogP contribution in [0.4, 0.5) is 0 Å². The van der Waals surface area contributed by atoms with E-state index in [9.17, 15) is 14.4 Å². The van der Waals surface area contributed by atoms with Crippen molar-refractivity contribution in [2.24, 2.45) is 0 Å². The molecule has 0 aromatic carbocycles. The molecule has 62 heavy (non-hydrogen) atoms. The molecule has 6 heteroatoms. The lowest BCUT2D eigenvalue weighted by Gasteiger charge is -2.18. The summed E-state index contributed by atoms with van der Waals surface area (Å²) in [6, 6.07) is 0. The van der Waals surface area contributed by atoms with Crippen LogP contribution in [0.2, 0.25) is 0 Å². The number of hydrogen-bond donors (Lipinski definition) is 0. The number of ether oxygens (including phenoxy) is 3. The highest BCUT2D eigenvalue weighted by molar-refractivity contribution is 5.71. The van der Waals surface area contributed by atoms with Crippen molar-refractivity contribution in [3.05, 3.63) is 97.2 Å². The molecule has 1 atom stereocenters. The van der Waals surface area contributed by atoms with Gasteiger partial charge in [0.2, 0.25) is 0 Å². The fourth-order valence-electron chi connectivity index (χ4n) is 6.63. The zero-order valence-electron chi connectivity index (χ0n) is 40.1. The van der Waals surface area contributed by atoms with Crippen molar-refractivity contribution in [2.45, 2.75) is 226 Å². The lowest BCUT2D eigenvalue weighted by molar-refractivity contribution is -0.167. The highest BCUT2D eigenvalue weighted by Gasteiger charge is 2.19. The summed E-state index contributed by atoms with van der Waals surface area (Å²) in [6.45, 7) is 6.30. The Bertz CT molecular complexity index is 1260. The Kier molecular flexibility index (Phi) is 47.0. The maximum Gasteiger partial charge on any atom is 0.306 e. The summed E-state index contributed by atoms with van der Waals surface area (Å²) in [7, 11) is 0. The summed E-state index contributed by atoms with van der Waals surface area (Å²) < 4.78 is 16.7. The Labute approximate surface area is 381 Å². The van der Waals surface area contributed by atoms with Crippen LogP contribution in [0.1, 0.15) is 220 Å². The van der Waals surface area contributed by atoms with Crippen molar-refractivity contribution in [1.82, 2.24) is 0 Å². The van der Waals surface area contributed by atoms with Crippen molar-refractivity contribution in [3.63, 3.8) is 0 Å². The van der Waals surface area contributed by atoms with E-state index >= 15 is 0 Å². The van der Waals surface area contributed by atoms with Crippen molar-refractivity contribution >= 4 is 17.9 Å². The lowest BCUT2D eigenvalue weighted by Crippen LogP contribution is -2.30. The van der Waals surface area contributed by atoms with Gasteiger partial charge in [-0.2, -0.15) is 0 Å². The Morgan fingerprint density at radius 2 is 0.726 bits per heavy atom. The van der Waals surface area contributed by atoms with Gasteiger partial charge in [0.25, 0.3) is 0 Å². The number of carbonyl (C=O) groups excluding carboxylic acids is 3. The van der Waals surface area contributed by atoms with E-state index in [0.29, 0.717) is 19.3 Å². The van der Waals surface area contributed by atoms with E-state index in [1.54, 1.807) is 0 Å². The van der Waals surface area contributed by atoms with Gasteiger partial charge in [0.1, 0.15) is 13.2 Å². The molecule has 0 saturated carbocycles. The molecule has 0 aliphatic rings. The molecule has 0 N–H and O–H groups in total. The summed E-state index contributed by atoms with van der Waals surface area (Å²) in [6.07, 6.45) is 65.4. The van der Waals surface area contributed by atoms with Crippen LogP contribution < -0.4 is 0 Å². The van der Waals surface area contributed by atoms with Crippen LogP contribution in [0, 0.1) is 0 Å². The minimum Gasteiger partial charge on any atom is -0.462 e. The topological polar surface area (TPSA) is 78.9 Å². The first kappa shape index (κ1) is 58.3. The van der Waals surface area contributed by atoms with Crippen LogP contribution in [-0.4, -0.2) is 37.2 Å². The first-order valence-corrected chi connectivity index (χ1v) is 25.3. The van der Waals surface area contributed by atoms with Gasteiger partial charge in [-0.05, 0) is 89.9 Å². The molecule has 6 nitrogen and oxygen atoms in total. The van der Waals surface area contributed by atoms with E-state index in [0.717, 1.165) is 103 Å². The summed E-state index contributed by atoms with van der Waals surface area (Å²) in [5.41, 5.74) is 0. The minimum absolute atomic E-state index is 0.108. The van der Waals surface area contributed by atoms with Crippen LogP contribution in [-0.2, 0) is 28.6 Å². The van der Waals surface area contributed by atoms with Gasteiger partial charge >= 0.3 is 17.9 Å². The maximum atomic E-state index is 12.8. The van der Waals surface area contributed by atoms with E-state index in [2.05, 4.69) is 118 Å². The first-order chi connectivity index (χ1) is 30.5. The lowest BCUT2D eigenvalue weighted by atomic mass is 10.1. The minimum atomic E-state index is -0.810. The van der Waals surface area contributed by atoms with Crippen molar-refractivity contribution < 1.29 is 28.6 Å². The van der Waals surface area contributed by atoms with Gasteiger partial charge in [-0.3, -0.25) is 14.4 Å². The predicted octanol–water partition coefficient (Wildman–Crippen LogP) is 16.6. The molecule has 0 heterocycles. The molecule has 0 radical (unpaired) electrons. The average molecular weight is 861 g/mol. The standard InChI is InChI=1S/C56H92O6/c1-4-7-10-13-16-19-22-24-26-27-28-30-31-34-37-40-43-46-49-55(58)61-52-53(51-60-54(57)48-45-42-39-36-33-21-18-15-12-9-6-3)62-56(59)50-47-44-41-38-35-32-29-25-23-20-17-14-11-8-5-2/h8-9,11-12,14,17-18,20-21,23,26-28,30,36,39,53H,4-7,10,13,15-16,19,22,24-25,29,31-35,37-38,40-52H2,1-3H3/b11-8-,12-9-,17-14-,21-18-,23-20-,27-26-,30-28-,39-36-. The average Bonchev–Trinajstić information content (AvgIpc) is 3.27. The fourth-order valence-corrected chi connectivity index (χ4v) is 6.63. The maximum absolute atomic E-state index is 12.8. The van der Waals surface area contributed by atoms with Crippen molar-refractivity contribution in [3.8, 4) is 0 Å². The molecule has 352 valence electrons. The van der Waals surface area contributed by atoms with Gasteiger partial charge in [-0.1, -0.05) is 208 Å². The highest BCUT2D eigenvalue weighted by atomic mass is 16.6. The van der Waals surface area contributed by atoms with Crippen LogP contribution >= 0.6 is 0 Å². The monoisotopic (exact) mass is 861 g/mol. The SMILES string of the molecule is CC\C=C/C=C\C=C/CCCCCCCCCC(=O)OC(COC(=O)CCC/C=C\C/C=C\C/C=C\CC)COC(=O)CCCCCCC/C=C\C=C/CCCCCCCCC. The zero-order valence-corrected chi connectivity index (χ0v) is 40.1. The number of esters is 3. The van der Waals surface area contributed by atoms with E-state index in [1.807, 2.05) is 0 Å². The Morgan fingerprint density at radius 1 is 0.355 bits per heavy atom. The van der Waals surface area contributed by atoms with Crippen LogP contribution in [0.15, 0.2) is 97.2 Å². The number of carbonyl (C=O) groups is 3. The molecular formula is C56H92O6. The zero-order chi connectivity index (χ0) is 45.1. The second kappa shape index (κ2) is 50.0. The summed E-state index contributed by atoms with van der Waals surface area (Å²) in [4.78, 5) is 37.9. The van der Waals surface area contributed by atoms with Crippen LogP contribution in [0.25, 0.3) is 0 Å². The van der Waals surface area contributed by atoms with E-state index < -0.39 is 6.10 Å². The number of unbranched alkanes of at least 4 members (excludes halogenated alkanes) is 20. The summed E-state index contributed by atoms with van der Waals surface area (Å²) in [5, 5.41) is 0. The Balaban J connectivity index is 4.46. The Morgan fingerprint density at radius 3 is 1.23 bits per heavy atom. The molecule has 0 aromatic rings. The third kappa shape index (κ3) is 47.4. The number of hydrogen-bond acceptors (Lipinski definition) is 6. The number of rotatable bonds is 44. The van der Waals surface area contributed by atoms with Gasteiger partial charge in [0, 0.05) is 19.3 Å². The third-order valence-electron chi connectivity index (χ3n) is 10.4.